The summed E-state index contributed by atoms with van der Waals surface area (Å²) >= 11 is 1.36. The van der Waals surface area contributed by atoms with Gasteiger partial charge in [-0.1, -0.05) is 0 Å². The van der Waals surface area contributed by atoms with Gasteiger partial charge in [0.05, 0.1) is 47.5 Å². The Morgan fingerprint density at radius 1 is 0.621 bits per heavy atom. The van der Waals surface area contributed by atoms with Crippen LogP contribution in [0.3, 0.4) is 0 Å². The maximum Gasteiger partial charge on any atom is 0.203 e. The molecule has 0 aliphatic carbocycles. The van der Waals surface area contributed by atoms with Gasteiger partial charge in [0.1, 0.15) is 0 Å². The van der Waals surface area contributed by atoms with Crippen molar-refractivity contribution in [3.8, 4) is 56.1 Å². The van der Waals surface area contributed by atoms with Crippen molar-refractivity contribution in [3.63, 3.8) is 0 Å². The maximum absolute atomic E-state index is 5.66. The number of rotatable bonds is 8. The van der Waals surface area contributed by atoms with Gasteiger partial charge in [-0.3, -0.25) is 0 Å². The summed E-state index contributed by atoms with van der Waals surface area (Å²) in [5.41, 5.74) is 2.62. The fourth-order valence-electron chi connectivity index (χ4n) is 3.16. The first-order valence-electron chi connectivity index (χ1n) is 8.67. The SMILES string of the molecule is COc1cc(-c2cnsc2-c2ccc(OC)c(OC)c2OC)cc(OC)c1OC. The average Bonchev–Trinajstić information content (AvgIpc) is 3.26. The van der Waals surface area contributed by atoms with Gasteiger partial charge in [0, 0.05) is 17.3 Å². The van der Waals surface area contributed by atoms with Gasteiger partial charge in [-0.25, -0.2) is 0 Å². The van der Waals surface area contributed by atoms with Crippen LogP contribution in [0, 0.1) is 0 Å². The molecule has 0 amide bonds. The van der Waals surface area contributed by atoms with Gasteiger partial charge in [-0.05, 0) is 41.4 Å². The Hall–Kier alpha value is -3.13. The molecule has 3 aromatic rings. The molecule has 0 radical (unpaired) electrons. The lowest BCUT2D eigenvalue weighted by molar-refractivity contribution is 0.324. The Labute approximate surface area is 173 Å². The highest BCUT2D eigenvalue weighted by Crippen LogP contribution is 2.49. The molecule has 0 unspecified atom stereocenters. The molecule has 2 aromatic carbocycles. The minimum atomic E-state index is 0.525. The summed E-state index contributed by atoms with van der Waals surface area (Å²) in [5.74, 6) is 3.36. The molecule has 3 rings (SSSR count). The van der Waals surface area contributed by atoms with E-state index < -0.39 is 0 Å². The largest absolute Gasteiger partial charge is 0.493 e. The highest BCUT2D eigenvalue weighted by Gasteiger charge is 2.22. The van der Waals surface area contributed by atoms with E-state index >= 15 is 0 Å². The van der Waals surface area contributed by atoms with Crippen molar-refractivity contribution in [2.24, 2.45) is 0 Å². The molecular formula is C21H23NO6S. The van der Waals surface area contributed by atoms with Crippen LogP contribution in [-0.2, 0) is 0 Å². The van der Waals surface area contributed by atoms with Gasteiger partial charge in [-0.2, -0.15) is 4.37 Å². The molecule has 0 aliphatic rings. The van der Waals surface area contributed by atoms with E-state index in [-0.39, 0.29) is 0 Å². The Morgan fingerprint density at radius 3 is 1.72 bits per heavy atom. The van der Waals surface area contributed by atoms with E-state index in [0.717, 1.165) is 21.6 Å². The van der Waals surface area contributed by atoms with E-state index in [0.29, 0.717) is 34.5 Å². The second kappa shape index (κ2) is 8.91. The van der Waals surface area contributed by atoms with E-state index in [1.165, 1.54) is 11.5 Å². The topological polar surface area (TPSA) is 68.3 Å². The van der Waals surface area contributed by atoms with Gasteiger partial charge in [0.2, 0.25) is 11.5 Å². The zero-order valence-electron chi connectivity index (χ0n) is 17.2. The summed E-state index contributed by atoms with van der Waals surface area (Å²) in [6.45, 7) is 0. The van der Waals surface area contributed by atoms with E-state index in [4.69, 9.17) is 28.4 Å². The maximum atomic E-state index is 5.66. The van der Waals surface area contributed by atoms with Crippen molar-refractivity contribution in [2.75, 3.05) is 42.7 Å². The van der Waals surface area contributed by atoms with Crippen LogP contribution in [0.4, 0.5) is 0 Å². The van der Waals surface area contributed by atoms with Crippen LogP contribution < -0.4 is 28.4 Å². The quantitative estimate of drug-likeness (QED) is 0.533. The van der Waals surface area contributed by atoms with E-state index in [2.05, 4.69) is 4.37 Å². The Balaban J connectivity index is 2.22. The number of aromatic nitrogens is 1. The summed E-state index contributed by atoms with van der Waals surface area (Å²) < 4.78 is 37.4. The molecule has 7 nitrogen and oxygen atoms in total. The smallest absolute Gasteiger partial charge is 0.203 e. The first kappa shape index (κ1) is 20.6. The lowest BCUT2D eigenvalue weighted by Crippen LogP contribution is -1.97. The Kier molecular flexibility index (Phi) is 6.33. The zero-order chi connectivity index (χ0) is 21.0. The van der Waals surface area contributed by atoms with E-state index in [9.17, 15) is 0 Å². The van der Waals surface area contributed by atoms with Gasteiger partial charge in [0.25, 0.3) is 0 Å². The average molecular weight is 417 g/mol. The predicted molar refractivity (Wildman–Crippen MR) is 112 cm³/mol. The first-order chi connectivity index (χ1) is 14.1. The predicted octanol–water partition coefficient (Wildman–Crippen LogP) is 4.53. The summed E-state index contributed by atoms with van der Waals surface area (Å²) in [5, 5.41) is 0. The van der Waals surface area contributed by atoms with Crippen molar-refractivity contribution < 1.29 is 28.4 Å². The molecule has 0 bridgehead atoms. The molecule has 0 spiro atoms. The number of benzene rings is 2. The number of hydrogen-bond acceptors (Lipinski definition) is 8. The molecule has 1 aromatic heterocycles. The second-order valence-corrected chi connectivity index (χ2v) is 6.67. The van der Waals surface area contributed by atoms with Crippen molar-refractivity contribution in [1.82, 2.24) is 4.37 Å². The fraction of sp³-hybridized carbons (Fsp3) is 0.286. The summed E-state index contributed by atoms with van der Waals surface area (Å²) in [7, 11) is 9.52. The third-order valence-corrected chi connectivity index (χ3v) is 5.33. The van der Waals surface area contributed by atoms with Gasteiger partial charge >= 0.3 is 0 Å². The van der Waals surface area contributed by atoms with Crippen LogP contribution in [0.5, 0.6) is 34.5 Å². The highest BCUT2D eigenvalue weighted by atomic mass is 32.1. The number of nitrogens with zero attached hydrogens (tertiary/aromatic N) is 1. The summed E-state index contributed by atoms with van der Waals surface area (Å²) in [4.78, 5) is 0.914. The molecule has 29 heavy (non-hydrogen) atoms. The lowest BCUT2D eigenvalue weighted by atomic mass is 10.0. The van der Waals surface area contributed by atoms with Crippen molar-refractivity contribution >= 4 is 11.5 Å². The zero-order valence-corrected chi connectivity index (χ0v) is 18.0. The third kappa shape index (κ3) is 3.63. The summed E-state index contributed by atoms with van der Waals surface area (Å²) in [6, 6.07) is 7.55. The first-order valence-corrected chi connectivity index (χ1v) is 9.45. The van der Waals surface area contributed by atoms with Crippen molar-refractivity contribution in [3.05, 3.63) is 30.5 Å². The summed E-state index contributed by atoms with van der Waals surface area (Å²) in [6.07, 6.45) is 1.80. The molecule has 0 fully saturated rings. The van der Waals surface area contributed by atoms with Gasteiger partial charge in [-0.15, -0.1) is 0 Å². The van der Waals surface area contributed by atoms with Crippen LogP contribution in [0.25, 0.3) is 21.6 Å². The second-order valence-electron chi connectivity index (χ2n) is 5.86. The molecular weight excluding hydrogens is 394 g/mol. The third-order valence-electron chi connectivity index (χ3n) is 4.49. The fourth-order valence-corrected chi connectivity index (χ4v) is 3.95. The van der Waals surface area contributed by atoms with Crippen LogP contribution in [0.1, 0.15) is 0 Å². The Morgan fingerprint density at radius 2 is 1.21 bits per heavy atom. The van der Waals surface area contributed by atoms with Crippen LogP contribution in [0.15, 0.2) is 30.5 Å². The minimum absolute atomic E-state index is 0.525. The molecule has 0 aliphatic heterocycles. The monoisotopic (exact) mass is 417 g/mol. The normalized spacial score (nSPS) is 10.4. The molecule has 154 valence electrons. The van der Waals surface area contributed by atoms with Gasteiger partial charge in [0.15, 0.2) is 23.0 Å². The minimum Gasteiger partial charge on any atom is -0.493 e. The van der Waals surface area contributed by atoms with Crippen molar-refractivity contribution in [1.29, 1.82) is 0 Å². The number of methoxy groups -OCH3 is 6. The molecule has 1 heterocycles. The molecule has 0 N–H and O–H groups in total. The highest BCUT2D eigenvalue weighted by molar-refractivity contribution is 7.10. The Bertz CT molecular complexity index is 976. The van der Waals surface area contributed by atoms with Crippen LogP contribution in [0.2, 0.25) is 0 Å². The molecule has 0 atom stereocenters. The van der Waals surface area contributed by atoms with E-state index in [1.54, 1.807) is 48.9 Å². The van der Waals surface area contributed by atoms with Gasteiger partial charge < -0.3 is 28.4 Å². The molecule has 8 heteroatoms. The van der Waals surface area contributed by atoms with Crippen LogP contribution in [-0.4, -0.2) is 47.0 Å². The number of ether oxygens (including phenoxy) is 6. The van der Waals surface area contributed by atoms with Crippen LogP contribution >= 0.6 is 11.5 Å². The van der Waals surface area contributed by atoms with E-state index in [1.807, 2.05) is 24.3 Å². The number of hydrogen-bond donors (Lipinski definition) is 0. The standard InChI is InChI=1S/C21H23NO6S/c1-23-15-8-7-13(18(26-4)20(15)28-6)21-14(11-22-29-21)12-9-16(24-2)19(27-5)17(10-12)25-3/h7-11H,1-6H3. The molecule has 0 saturated carbocycles. The van der Waals surface area contributed by atoms with Crippen molar-refractivity contribution in [2.45, 2.75) is 0 Å². The molecule has 0 saturated heterocycles. The lowest BCUT2D eigenvalue weighted by Gasteiger charge is -2.17.